The summed E-state index contributed by atoms with van der Waals surface area (Å²) in [5.41, 5.74) is 5.58. The van der Waals surface area contributed by atoms with Gasteiger partial charge in [0.05, 0.1) is 5.75 Å². The SMILES string of the molecule is CC(CS(C)(=O)=O)NC(=O)CC1(N)CCC1. The number of hydrogen-bond donors (Lipinski definition) is 2. The van der Waals surface area contributed by atoms with Gasteiger partial charge >= 0.3 is 0 Å². The Bertz CT molecular complexity index is 360. The van der Waals surface area contributed by atoms with Gasteiger partial charge in [-0.15, -0.1) is 0 Å². The highest BCUT2D eigenvalue weighted by atomic mass is 32.2. The number of hydrogen-bond acceptors (Lipinski definition) is 4. The van der Waals surface area contributed by atoms with Crippen LogP contribution in [0.25, 0.3) is 0 Å². The Kier molecular flexibility index (Phi) is 3.96. The minimum absolute atomic E-state index is 0.0314. The highest BCUT2D eigenvalue weighted by Crippen LogP contribution is 2.31. The van der Waals surface area contributed by atoms with E-state index in [1.54, 1.807) is 6.92 Å². The molecule has 1 atom stereocenters. The van der Waals surface area contributed by atoms with E-state index >= 15 is 0 Å². The Morgan fingerprint density at radius 2 is 2.06 bits per heavy atom. The third-order valence-corrected chi connectivity index (χ3v) is 3.93. The maximum absolute atomic E-state index is 11.6. The van der Waals surface area contributed by atoms with Crippen molar-refractivity contribution in [3.8, 4) is 0 Å². The molecule has 1 saturated carbocycles. The quantitative estimate of drug-likeness (QED) is 0.705. The van der Waals surface area contributed by atoms with Gasteiger partial charge in [0, 0.05) is 24.3 Å². The van der Waals surface area contributed by atoms with Crippen molar-refractivity contribution >= 4 is 15.7 Å². The summed E-state index contributed by atoms with van der Waals surface area (Å²) in [7, 11) is -3.05. The van der Waals surface area contributed by atoms with Gasteiger partial charge in [0.1, 0.15) is 9.84 Å². The lowest BCUT2D eigenvalue weighted by molar-refractivity contribution is -0.123. The van der Waals surface area contributed by atoms with Crippen molar-refractivity contribution in [3.05, 3.63) is 0 Å². The van der Waals surface area contributed by atoms with Crippen molar-refractivity contribution in [1.29, 1.82) is 0 Å². The number of sulfone groups is 1. The van der Waals surface area contributed by atoms with E-state index in [9.17, 15) is 13.2 Å². The number of nitrogens with two attached hydrogens (primary N) is 1. The van der Waals surface area contributed by atoms with E-state index in [0.29, 0.717) is 6.42 Å². The monoisotopic (exact) mass is 248 g/mol. The largest absolute Gasteiger partial charge is 0.353 e. The molecule has 0 spiro atoms. The van der Waals surface area contributed by atoms with Crippen LogP contribution in [0, 0.1) is 0 Å². The first kappa shape index (κ1) is 13.4. The van der Waals surface area contributed by atoms with Crippen LogP contribution in [0.15, 0.2) is 0 Å². The van der Waals surface area contributed by atoms with Gasteiger partial charge in [0.2, 0.25) is 5.91 Å². The fourth-order valence-electron chi connectivity index (χ4n) is 1.95. The molecule has 1 unspecified atom stereocenters. The summed E-state index contributed by atoms with van der Waals surface area (Å²) < 4.78 is 22.0. The zero-order chi connectivity index (χ0) is 12.4. The van der Waals surface area contributed by atoms with E-state index in [-0.39, 0.29) is 23.2 Å². The smallest absolute Gasteiger partial charge is 0.222 e. The molecule has 1 rings (SSSR count). The predicted molar refractivity (Wildman–Crippen MR) is 62.7 cm³/mol. The molecule has 1 amide bonds. The Morgan fingerprint density at radius 3 is 2.44 bits per heavy atom. The van der Waals surface area contributed by atoms with Gasteiger partial charge in [-0.25, -0.2) is 8.42 Å². The van der Waals surface area contributed by atoms with E-state index in [1.165, 1.54) is 0 Å². The van der Waals surface area contributed by atoms with E-state index in [4.69, 9.17) is 5.73 Å². The molecule has 1 aliphatic carbocycles. The van der Waals surface area contributed by atoms with Gasteiger partial charge in [0.15, 0.2) is 0 Å². The topological polar surface area (TPSA) is 89.3 Å². The van der Waals surface area contributed by atoms with Gasteiger partial charge in [-0.2, -0.15) is 0 Å². The first-order valence-corrected chi connectivity index (χ1v) is 7.52. The van der Waals surface area contributed by atoms with Crippen molar-refractivity contribution in [2.45, 2.75) is 44.2 Å². The summed E-state index contributed by atoms with van der Waals surface area (Å²) >= 11 is 0. The highest BCUT2D eigenvalue weighted by Gasteiger charge is 2.34. The summed E-state index contributed by atoms with van der Waals surface area (Å²) in [6.07, 6.45) is 4.28. The number of amides is 1. The predicted octanol–water partition coefficient (Wildman–Crippen LogP) is -0.193. The summed E-state index contributed by atoms with van der Waals surface area (Å²) in [5.74, 6) is -0.186. The minimum atomic E-state index is -3.05. The first-order chi connectivity index (χ1) is 7.20. The molecule has 16 heavy (non-hydrogen) atoms. The molecule has 0 saturated heterocycles. The molecule has 6 heteroatoms. The molecule has 0 bridgehead atoms. The molecule has 5 nitrogen and oxygen atoms in total. The van der Waals surface area contributed by atoms with E-state index in [0.717, 1.165) is 25.5 Å². The molecule has 0 aliphatic heterocycles. The van der Waals surface area contributed by atoms with Crippen molar-refractivity contribution < 1.29 is 13.2 Å². The van der Waals surface area contributed by atoms with E-state index in [1.807, 2.05) is 0 Å². The minimum Gasteiger partial charge on any atom is -0.353 e. The maximum atomic E-state index is 11.6. The fourth-order valence-corrected chi connectivity index (χ4v) is 2.94. The average molecular weight is 248 g/mol. The van der Waals surface area contributed by atoms with Gasteiger partial charge in [-0.05, 0) is 26.2 Å². The van der Waals surface area contributed by atoms with Crippen LogP contribution in [-0.4, -0.2) is 37.9 Å². The van der Waals surface area contributed by atoms with Gasteiger partial charge in [-0.1, -0.05) is 0 Å². The summed E-state index contributed by atoms with van der Waals surface area (Å²) in [6, 6.07) is -0.355. The average Bonchev–Trinajstić information content (AvgIpc) is 1.96. The second-order valence-corrected chi connectivity index (χ2v) is 7.14. The lowest BCUT2D eigenvalue weighted by Crippen LogP contribution is -2.51. The fraction of sp³-hybridized carbons (Fsp3) is 0.900. The van der Waals surface area contributed by atoms with E-state index < -0.39 is 9.84 Å². The second-order valence-electron chi connectivity index (χ2n) is 4.95. The Balaban J connectivity index is 2.34. The lowest BCUT2D eigenvalue weighted by atomic mass is 9.75. The lowest BCUT2D eigenvalue weighted by Gasteiger charge is -2.37. The van der Waals surface area contributed by atoms with Gasteiger partial charge < -0.3 is 11.1 Å². The molecule has 94 valence electrons. The van der Waals surface area contributed by atoms with Crippen LogP contribution < -0.4 is 11.1 Å². The zero-order valence-electron chi connectivity index (χ0n) is 9.82. The summed E-state index contributed by atoms with van der Waals surface area (Å²) in [6.45, 7) is 1.68. The molecular weight excluding hydrogens is 228 g/mol. The van der Waals surface area contributed by atoms with Gasteiger partial charge in [0.25, 0.3) is 0 Å². The molecule has 3 N–H and O–H groups in total. The van der Waals surface area contributed by atoms with Crippen molar-refractivity contribution in [3.63, 3.8) is 0 Å². The van der Waals surface area contributed by atoms with Crippen LogP contribution in [0.4, 0.5) is 0 Å². The normalized spacial score (nSPS) is 20.9. The standard InChI is InChI=1S/C10H20N2O3S/c1-8(7-16(2,14)15)12-9(13)6-10(11)4-3-5-10/h8H,3-7,11H2,1-2H3,(H,12,13). The van der Waals surface area contributed by atoms with Gasteiger partial charge in [-0.3, -0.25) is 4.79 Å². The van der Waals surface area contributed by atoms with E-state index in [2.05, 4.69) is 5.32 Å². The third-order valence-electron chi connectivity index (χ3n) is 2.82. The van der Waals surface area contributed by atoms with Crippen molar-refractivity contribution in [1.82, 2.24) is 5.32 Å². The first-order valence-electron chi connectivity index (χ1n) is 5.46. The Hall–Kier alpha value is -0.620. The van der Waals surface area contributed by atoms with Crippen LogP contribution in [0.3, 0.4) is 0 Å². The maximum Gasteiger partial charge on any atom is 0.222 e. The number of carbonyl (C=O) groups excluding carboxylic acids is 1. The highest BCUT2D eigenvalue weighted by molar-refractivity contribution is 7.90. The summed E-state index contributed by atoms with van der Waals surface area (Å²) in [4.78, 5) is 11.6. The second kappa shape index (κ2) is 4.71. The number of rotatable bonds is 5. The van der Waals surface area contributed by atoms with Crippen LogP contribution in [0.2, 0.25) is 0 Å². The molecule has 0 aromatic rings. The van der Waals surface area contributed by atoms with Crippen molar-refractivity contribution in [2.75, 3.05) is 12.0 Å². The van der Waals surface area contributed by atoms with Crippen molar-refractivity contribution in [2.24, 2.45) is 5.73 Å². The van der Waals surface area contributed by atoms with Crippen LogP contribution in [0.1, 0.15) is 32.6 Å². The zero-order valence-corrected chi connectivity index (χ0v) is 10.6. The molecule has 1 aliphatic rings. The number of nitrogens with one attached hydrogen (secondary N) is 1. The molecule has 0 aromatic carbocycles. The third kappa shape index (κ3) is 4.49. The molecule has 0 aromatic heterocycles. The van der Waals surface area contributed by atoms with Crippen LogP contribution in [0.5, 0.6) is 0 Å². The molecule has 0 radical (unpaired) electrons. The summed E-state index contributed by atoms with van der Waals surface area (Å²) in [5, 5.41) is 2.66. The Morgan fingerprint density at radius 1 is 1.50 bits per heavy atom. The van der Waals surface area contributed by atoms with Crippen LogP contribution >= 0.6 is 0 Å². The van der Waals surface area contributed by atoms with Crippen LogP contribution in [-0.2, 0) is 14.6 Å². The molecule has 0 heterocycles. The molecule has 1 fully saturated rings. The number of carbonyl (C=O) groups is 1. The Labute approximate surface area is 96.7 Å². The molecular formula is C10H20N2O3S.